The van der Waals surface area contributed by atoms with Crippen molar-refractivity contribution in [3.05, 3.63) is 40.3 Å². The zero-order chi connectivity index (χ0) is 16.7. The number of thiazole rings is 1. The number of rotatable bonds is 8. The average Bonchev–Trinajstić information content (AvgIpc) is 3.02. The summed E-state index contributed by atoms with van der Waals surface area (Å²) in [7, 11) is 1.60. The Labute approximate surface area is 141 Å². The van der Waals surface area contributed by atoms with Crippen LogP contribution in [0.2, 0.25) is 0 Å². The van der Waals surface area contributed by atoms with Crippen molar-refractivity contribution in [3.63, 3.8) is 0 Å². The molecule has 1 amide bonds. The number of aromatic carboxylic acids is 1. The van der Waals surface area contributed by atoms with E-state index in [0.717, 1.165) is 10.6 Å². The molecular formula is C15H16N2O4S2. The number of nitrogens with one attached hydrogen (secondary N) is 1. The molecular weight excluding hydrogens is 336 g/mol. The number of carboxylic acid groups (broad SMARTS) is 1. The monoisotopic (exact) mass is 352 g/mol. The fourth-order valence-corrected chi connectivity index (χ4v) is 3.27. The topological polar surface area (TPSA) is 88.5 Å². The predicted molar refractivity (Wildman–Crippen MR) is 89.5 cm³/mol. The number of carbonyl (C=O) groups excluding carboxylic acids is 1. The quantitative estimate of drug-likeness (QED) is 0.709. The standard InChI is InChI=1S/C15H16N2O4S2/c1-21-10-3-2-4-11(7-10)22-9-13(18)16-6-5-14-17-12(8-23-14)15(19)20/h2-4,7-8H,5-6,9H2,1H3,(H,16,18)(H,19,20). The number of carboxylic acids is 1. The van der Waals surface area contributed by atoms with Crippen LogP contribution < -0.4 is 10.1 Å². The molecule has 0 atom stereocenters. The molecule has 1 heterocycles. The Kier molecular flexibility index (Phi) is 6.42. The van der Waals surface area contributed by atoms with Crippen molar-refractivity contribution in [1.82, 2.24) is 10.3 Å². The Hall–Kier alpha value is -2.06. The van der Waals surface area contributed by atoms with E-state index in [2.05, 4.69) is 10.3 Å². The highest BCUT2D eigenvalue weighted by Gasteiger charge is 2.09. The minimum absolute atomic E-state index is 0.0462. The molecule has 23 heavy (non-hydrogen) atoms. The van der Waals surface area contributed by atoms with Crippen molar-refractivity contribution in [1.29, 1.82) is 0 Å². The third kappa shape index (κ3) is 5.57. The number of nitrogens with zero attached hydrogens (tertiary/aromatic N) is 1. The lowest BCUT2D eigenvalue weighted by Gasteiger charge is -2.05. The van der Waals surface area contributed by atoms with Gasteiger partial charge in [0, 0.05) is 23.2 Å². The number of amides is 1. The van der Waals surface area contributed by atoms with Gasteiger partial charge in [-0.3, -0.25) is 4.79 Å². The first kappa shape index (κ1) is 17.3. The van der Waals surface area contributed by atoms with Crippen LogP contribution in [-0.4, -0.2) is 41.4 Å². The fourth-order valence-electron chi connectivity index (χ4n) is 1.72. The fraction of sp³-hybridized carbons (Fsp3) is 0.267. The Morgan fingerprint density at radius 2 is 2.26 bits per heavy atom. The zero-order valence-corrected chi connectivity index (χ0v) is 14.1. The second-order valence-corrected chi connectivity index (χ2v) is 6.49. The maximum Gasteiger partial charge on any atom is 0.355 e. The summed E-state index contributed by atoms with van der Waals surface area (Å²) in [5.74, 6) is -0.0433. The summed E-state index contributed by atoms with van der Waals surface area (Å²) >= 11 is 2.71. The van der Waals surface area contributed by atoms with Crippen molar-refractivity contribution in [2.75, 3.05) is 19.4 Å². The minimum Gasteiger partial charge on any atom is -0.497 e. The second-order valence-electron chi connectivity index (χ2n) is 4.50. The number of methoxy groups -OCH3 is 1. The number of ether oxygens (including phenoxy) is 1. The average molecular weight is 352 g/mol. The SMILES string of the molecule is COc1cccc(SCC(=O)NCCc2nc(C(=O)O)cs2)c1. The molecule has 122 valence electrons. The lowest BCUT2D eigenvalue weighted by Crippen LogP contribution is -2.27. The molecule has 0 aliphatic rings. The van der Waals surface area contributed by atoms with Gasteiger partial charge < -0.3 is 15.2 Å². The summed E-state index contributed by atoms with van der Waals surface area (Å²) in [6.45, 7) is 0.435. The molecule has 0 spiro atoms. The van der Waals surface area contributed by atoms with Crippen LogP contribution in [0, 0.1) is 0 Å². The number of benzene rings is 1. The summed E-state index contributed by atoms with van der Waals surface area (Å²) in [6.07, 6.45) is 0.521. The van der Waals surface area contributed by atoms with E-state index >= 15 is 0 Å². The zero-order valence-electron chi connectivity index (χ0n) is 12.4. The minimum atomic E-state index is -1.04. The number of hydrogen-bond donors (Lipinski definition) is 2. The molecule has 0 aliphatic carbocycles. The van der Waals surface area contributed by atoms with Crippen LogP contribution in [0.5, 0.6) is 5.75 Å². The van der Waals surface area contributed by atoms with Gasteiger partial charge in [-0.25, -0.2) is 9.78 Å². The van der Waals surface area contributed by atoms with Crippen LogP contribution in [-0.2, 0) is 11.2 Å². The molecule has 0 radical (unpaired) electrons. The third-order valence-electron chi connectivity index (χ3n) is 2.84. The molecule has 1 aromatic carbocycles. The largest absolute Gasteiger partial charge is 0.497 e. The van der Waals surface area contributed by atoms with Gasteiger partial charge >= 0.3 is 5.97 Å². The highest BCUT2D eigenvalue weighted by molar-refractivity contribution is 8.00. The van der Waals surface area contributed by atoms with Crippen LogP contribution >= 0.6 is 23.1 Å². The van der Waals surface area contributed by atoms with Crippen molar-refractivity contribution in [2.45, 2.75) is 11.3 Å². The van der Waals surface area contributed by atoms with Crippen molar-refractivity contribution in [2.24, 2.45) is 0 Å². The van der Waals surface area contributed by atoms with Gasteiger partial charge in [0.2, 0.25) is 5.91 Å². The molecule has 8 heteroatoms. The van der Waals surface area contributed by atoms with Crippen molar-refractivity contribution in [3.8, 4) is 5.75 Å². The van der Waals surface area contributed by atoms with E-state index in [1.54, 1.807) is 7.11 Å². The molecule has 2 N–H and O–H groups in total. The first-order valence-corrected chi connectivity index (χ1v) is 8.66. The Morgan fingerprint density at radius 1 is 1.43 bits per heavy atom. The van der Waals surface area contributed by atoms with Crippen LogP contribution in [0.15, 0.2) is 34.5 Å². The van der Waals surface area contributed by atoms with Crippen LogP contribution in [0.1, 0.15) is 15.5 Å². The summed E-state index contributed by atoms with van der Waals surface area (Å²) < 4.78 is 5.13. The smallest absolute Gasteiger partial charge is 0.355 e. The third-order valence-corrected chi connectivity index (χ3v) is 4.75. The summed E-state index contributed by atoms with van der Waals surface area (Å²) in [6, 6.07) is 7.52. The van der Waals surface area contributed by atoms with Gasteiger partial charge in [0.25, 0.3) is 0 Å². The van der Waals surface area contributed by atoms with E-state index < -0.39 is 5.97 Å². The Morgan fingerprint density at radius 3 is 2.96 bits per heavy atom. The van der Waals surface area contributed by atoms with Crippen LogP contribution in [0.4, 0.5) is 0 Å². The van der Waals surface area contributed by atoms with Gasteiger partial charge in [0.1, 0.15) is 5.75 Å². The van der Waals surface area contributed by atoms with Gasteiger partial charge in [0.05, 0.1) is 17.9 Å². The normalized spacial score (nSPS) is 10.3. The van der Waals surface area contributed by atoms with Gasteiger partial charge in [-0.2, -0.15) is 0 Å². The number of carbonyl (C=O) groups is 2. The lowest BCUT2D eigenvalue weighted by atomic mass is 10.3. The van der Waals surface area contributed by atoms with Crippen molar-refractivity contribution < 1.29 is 19.4 Å². The molecule has 0 aliphatic heterocycles. The Bertz CT molecular complexity index is 688. The highest BCUT2D eigenvalue weighted by atomic mass is 32.2. The first-order chi connectivity index (χ1) is 11.1. The number of hydrogen-bond acceptors (Lipinski definition) is 6. The second kappa shape index (κ2) is 8.54. The van der Waals surface area contributed by atoms with Crippen LogP contribution in [0.25, 0.3) is 0 Å². The van der Waals surface area contributed by atoms with Gasteiger partial charge in [0.15, 0.2) is 5.69 Å². The summed E-state index contributed by atoms with van der Waals surface area (Å²) in [5.41, 5.74) is 0.0462. The van der Waals surface area contributed by atoms with Gasteiger partial charge in [-0.1, -0.05) is 6.07 Å². The summed E-state index contributed by atoms with van der Waals surface area (Å²) in [5, 5.41) is 13.8. The van der Waals surface area contributed by atoms with E-state index in [-0.39, 0.29) is 11.6 Å². The molecule has 1 aromatic heterocycles. The molecule has 0 unspecified atom stereocenters. The number of thioether (sulfide) groups is 1. The first-order valence-electron chi connectivity index (χ1n) is 6.79. The maximum atomic E-state index is 11.8. The van der Waals surface area contributed by atoms with E-state index in [4.69, 9.17) is 9.84 Å². The van der Waals surface area contributed by atoms with E-state index in [1.165, 1.54) is 28.5 Å². The van der Waals surface area contributed by atoms with Gasteiger partial charge in [-0.05, 0) is 18.2 Å². The molecule has 0 saturated heterocycles. The van der Waals surface area contributed by atoms with Crippen LogP contribution in [0.3, 0.4) is 0 Å². The summed E-state index contributed by atoms with van der Waals surface area (Å²) in [4.78, 5) is 27.5. The molecule has 2 aromatic rings. The predicted octanol–water partition coefficient (Wildman–Crippen LogP) is 2.30. The molecule has 2 rings (SSSR count). The molecule has 0 saturated carbocycles. The molecule has 0 fully saturated rings. The maximum absolute atomic E-state index is 11.8. The van der Waals surface area contributed by atoms with Gasteiger partial charge in [-0.15, -0.1) is 23.1 Å². The van der Waals surface area contributed by atoms with Crippen molar-refractivity contribution >= 4 is 35.0 Å². The lowest BCUT2D eigenvalue weighted by molar-refractivity contribution is -0.118. The van der Waals surface area contributed by atoms with E-state index in [1.807, 2.05) is 24.3 Å². The van der Waals surface area contributed by atoms with E-state index in [0.29, 0.717) is 23.7 Å². The Balaban J connectivity index is 1.71. The molecule has 6 nitrogen and oxygen atoms in total. The van der Waals surface area contributed by atoms with E-state index in [9.17, 15) is 9.59 Å². The molecule has 0 bridgehead atoms. The number of aromatic nitrogens is 1. The highest BCUT2D eigenvalue weighted by Crippen LogP contribution is 2.22.